The minimum absolute atomic E-state index is 0.0883. The molecule has 1 aliphatic rings. The molecule has 1 fully saturated rings. The number of aromatic nitrogens is 2. The predicted molar refractivity (Wildman–Crippen MR) is 131 cm³/mol. The van der Waals surface area contributed by atoms with Crippen molar-refractivity contribution < 1.29 is 0 Å². The second kappa shape index (κ2) is 9.32. The molecular weight excluding hydrogens is 414 g/mol. The second-order valence-corrected chi connectivity index (χ2v) is 9.16. The Morgan fingerprint density at radius 1 is 0.750 bits per heavy atom. The van der Waals surface area contributed by atoms with Crippen LogP contribution in [0.4, 0.5) is 0 Å². The molecule has 162 valence electrons. The zero-order valence-electron chi connectivity index (χ0n) is 18.2. The van der Waals surface area contributed by atoms with E-state index in [0.717, 1.165) is 49.7 Å². The van der Waals surface area contributed by atoms with Crippen LogP contribution in [0.15, 0.2) is 97.2 Å². The fourth-order valence-electron chi connectivity index (χ4n) is 4.98. The maximum absolute atomic E-state index is 6.12. The van der Waals surface area contributed by atoms with Gasteiger partial charge in [-0.2, -0.15) is 5.10 Å². The number of piperidine rings is 1. The van der Waals surface area contributed by atoms with Gasteiger partial charge >= 0.3 is 0 Å². The van der Waals surface area contributed by atoms with E-state index in [0.29, 0.717) is 0 Å². The monoisotopic (exact) mass is 441 g/mol. The zero-order valence-corrected chi connectivity index (χ0v) is 19.0. The van der Waals surface area contributed by atoms with Crippen molar-refractivity contribution >= 4 is 11.6 Å². The second-order valence-electron chi connectivity index (χ2n) is 8.72. The van der Waals surface area contributed by atoms with E-state index in [4.69, 9.17) is 16.7 Å². The first-order valence-electron chi connectivity index (χ1n) is 11.3. The first kappa shape index (κ1) is 21.0. The van der Waals surface area contributed by atoms with Gasteiger partial charge in [-0.1, -0.05) is 84.4 Å². The van der Waals surface area contributed by atoms with Gasteiger partial charge in [0.05, 0.1) is 12.2 Å². The summed E-state index contributed by atoms with van der Waals surface area (Å²) < 4.78 is 2.00. The Morgan fingerprint density at radius 3 is 2.03 bits per heavy atom. The Morgan fingerprint density at radius 2 is 1.41 bits per heavy atom. The van der Waals surface area contributed by atoms with Crippen molar-refractivity contribution in [1.29, 1.82) is 0 Å². The first-order chi connectivity index (χ1) is 15.7. The minimum atomic E-state index is 0.0883. The highest BCUT2D eigenvalue weighted by Gasteiger charge is 2.37. The van der Waals surface area contributed by atoms with Crippen molar-refractivity contribution in [3.05, 3.63) is 125 Å². The van der Waals surface area contributed by atoms with Crippen LogP contribution in [-0.4, -0.2) is 27.8 Å². The van der Waals surface area contributed by atoms with Crippen LogP contribution in [0.1, 0.15) is 35.2 Å². The molecule has 4 aromatic rings. The largest absolute Gasteiger partial charge is 0.297 e. The van der Waals surface area contributed by atoms with Gasteiger partial charge in [-0.25, -0.2) is 0 Å². The molecule has 0 unspecified atom stereocenters. The molecule has 0 spiro atoms. The summed E-state index contributed by atoms with van der Waals surface area (Å²) in [5, 5.41) is 5.58. The summed E-state index contributed by atoms with van der Waals surface area (Å²) in [7, 11) is 0. The number of halogens is 1. The summed E-state index contributed by atoms with van der Waals surface area (Å²) in [4.78, 5) is 2.54. The van der Waals surface area contributed by atoms with E-state index >= 15 is 0 Å². The average Bonchev–Trinajstić information content (AvgIpc) is 3.27. The van der Waals surface area contributed by atoms with Crippen LogP contribution >= 0.6 is 11.6 Å². The Labute approximate surface area is 195 Å². The maximum atomic E-state index is 6.12. The number of hydrogen-bond donors (Lipinski definition) is 0. The number of nitrogens with zero attached hydrogens (tertiary/aromatic N) is 3. The molecule has 0 radical (unpaired) electrons. The Hall–Kier alpha value is -2.88. The molecule has 1 aromatic heterocycles. The lowest BCUT2D eigenvalue weighted by Gasteiger charge is -2.42. The Bertz CT molecular complexity index is 1100. The SMILES string of the molecule is Clc1cccc(Cn2ccc(CN3CCC(c4ccccc4)(c4ccccc4)CC3)n2)c1. The number of benzene rings is 3. The average molecular weight is 442 g/mol. The lowest BCUT2D eigenvalue weighted by Crippen LogP contribution is -2.43. The zero-order chi connectivity index (χ0) is 21.8. The summed E-state index contributed by atoms with van der Waals surface area (Å²) in [6.07, 6.45) is 4.30. The van der Waals surface area contributed by atoms with Crippen molar-refractivity contribution in [1.82, 2.24) is 14.7 Å². The Balaban J connectivity index is 1.27. The summed E-state index contributed by atoms with van der Waals surface area (Å²) >= 11 is 6.12. The van der Waals surface area contributed by atoms with E-state index in [1.165, 1.54) is 16.7 Å². The van der Waals surface area contributed by atoms with E-state index < -0.39 is 0 Å². The van der Waals surface area contributed by atoms with Gasteiger partial charge < -0.3 is 0 Å². The summed E-state index contributed by atoms with van der Waals surface area (Å²) in [5.74, 6) is 0. The number of hydrogen-bond acceptors (Lipinski definition) is 2. The van der Waals surface area contributed by atoms with Crippen LogP contribution in [-0.2, 0) is 18.5 Å². The quantitative estimate of drug-likeness (QED) is 0.357. The van der Waals surface area contributed by atoms with Crippen LogP contribution in [0.2, 0.25) is 5.02 Å². The van der Waals surface area contributed by atoms with Crippen molar-refractivity contribution in [3.63, 3.8) is 0 Å². The normalized spacial score (nSPS) is 16.2. The van der Waals surface area contributed by atoms with Gasteiger partial charge in [-0.05, 0) is 60.8 Å². The van der Waals surface area contributed by atoms with Crippen molar-refractivity contribution in [2.24, 2.45) is 0 Å². The van der Waals surface area contributed by atoms with E-state index in [1.807, 2.05) is 22.9 Å². The summed E-state index contributed by atoms with van der Waals surface area (Å²) in [5.41, 5.74) is 5.23. The first-order valence-corrected chi connectivity index (χ1v) is 11.7. The molecular formula is C28H28ClN3. The molecule has 32 heavy (non-hydrogen) atoms. The van der Waals surface area contributed by atoms with Crippen LogP contribution in [0.25, 0.3) is 0 Å². The molecule has 0 atom stereocenters. The standard InChI is InChI=1S/C28H28ClN3/c29-26-13-7-8-23(20-26)21-32-17-14-27(30-32)22-31-18-15-28(16-19-31,24-9-3-1-4-10-24)25-11-5-2-6-12-25/h1-14,17,20H,15-16,18-19,21-22H2. The predicted octanol–water partition coefficient (Wildman–Crippen LogP) is 6.17. The van der Waals surface area contributed by atoms with Gasteiger partial charge in [0.2, 0.25) is 0 Å². The van der Waals surface area contributed by atoms with E-state index in [1.54, 1.807) is 0 Å². The topological polar surface area (TPSA) is 21.1 Å². The molecule has 1 saturated heterocycles. The van der Waals surface area contributed by atoms with E-state index in [9.17, 15) is 0 Å². The highest BCUT2D eigenvalue weighted by Crippen LogP contribution is 2.41. The smallest absolute Gasteiger partial charge is 0.0764 e. The van der Waals surface area contributed by atoms with Crippen LogP contribution < -0.4 is 0 Å². The van der Waals surface area contributed by atoms with Gasteiger partial charge in [-0.15, -0.1) is 0 Å². The lowest BCUT2D eigenvalue weighted by molar-refractivity contribution is 0.170. The van der Waals surface area contributed by atoms with Crippen molar-refractivity contribution in [2.45, 2.75) is 31.3 Å². The highest BCUT2D eigenvalue weighted by atomic mass is 35.5. The van der Waals surface area contributed by atoms with Gasteiger partial charge in [-0.3, -0.25) is 9.58 Å². The maximum Gasteiger partial charge on any atom is 0.0764 e. The molecule has 4 heteroatoms. The van der Waals surface area contributed by atoms with Crippen LogP contribution in [0.3, 0.4) is 0 Å². The summed E-state index contributed by atoms with van der Waals surface area (Å²) in [6.45, 7) is 3.75. The van der Waals surface area contributed by atoms with Gasteiger partial charge in [0, 0.05) is 23.2 Å². The van der Waals surface area contributed by atoms with Crippen molar-refractivity contribution in [2.75, 3.05) is 13.1 Å². The molecule has 0 saturated carbocycles. The van der Waals surface area contributed by atoms with Gasteiger partial charge in [0.1, 0.15) is 0 Å². The van der Waals surface area contributed by atoms with Crippen LogP contribution in [0, 0.1) is 0 Å². The Kier molecular flexibility index (Phi) is 6.11. The molecule has 2 heterocycles. The molecule has 5 rings (SSSR count). The third-order valence-corrected chi connectivity index (χ3v) is 6.91. The fraction of sp³-hybridized carbons (Fsp3) is 0.250. The van der Waals surface area contributed by atoms with Crippen LogP contribution in [0.5, 0.6) is 0 Å². The van der Waals surface area contributed by atoms with E-state index in [-0.39, 0.29) is 5.41 Å². The summed E-state index contributed by atoms with van der Waals surface area (Å²) in [6, 6.07) is 32.2. The molecule has 0 amide bonds. The third-order valence-electron chi connectivity index (χ3n) is 6.68. The van der Waals surface area contributed by atoms with Crippen molar-refractivity contribution in [3.8, 4) is 0 Å². The number of rotatable bonds is 6. The molecule has 0 bridgehead atoms. The van der Waals surface area contributed by atoms with Gasteiger partial charge in [0.25, 0.3) is 0 Å². The number of likely N-dealkylation sites (tertiary alicyclic amines) is 1. The third kappa shape index (κ3) is 4.50. The molecule has 1 aliphatic heterocycles. The fourth-order valence-corrected chi connectivity index (χ4v) is 5.19. The molecule has 0 aliphatic carbocycles. The minimum Gasteiger partial charge on any atom is -0.297 e. The molecule has 3 aromatic carbocycles. The highest BCUT2D eigenvalue weighted by molar-refractivity contribution is 6.30. The molecule has 0 N–H and O–H groups in total. The lowest BCUT2D eigenvalue weighted by atomic mass is 9.68. The molecule has 3 nitrogen and oxygen atoms in total. The van der Waals surface area contributed by atoms with E-state index in [2.05, 4.69) is 83.9 Å². The van der Waals surface area contributed by atoms with Gasteiger partial charge in [0.15, 0.2) is 0 Å².